The fourth-order valence-electron chi connectivity index (χ4n) is 2.88. The highest BCUT2D eigenvalue weighted by atomic mass is 32.5. The molecule has 0 amide bonds. The summed E-state index contributed by atoms with van der Waals surface area (Å²) in [5, 5.41) is 0. The van der Waals surface area contributed by atoms with Gasteiger partial charge in [0.25, 0.3) is 0 Å². The van der Waals surface area contributed by atoms with Gasteiger partial charge in [0.15, 0.2) is 0 Å². The van der Waals surface area contributed by atoms with Crippen LogP contribution in [0.25, 0.3) is 22.3 Å². The second-order valence-electron chi connectivity index (χ2n) is 5.84. The van der Waals surface area contributed by atoms with Crippen molar-refractivity contribution in [3.63, 3.8) is 0 Å². The molecule has 0 atom stereocenters. The maximum Gasteiger partial charge on any atom is 0.319 e. The van der Waals surface area contributed by atoms with Crippen molar-refractivity contribution in [3.8, 4) is 22.3 Å². The molecule has 0 saturated heterocycles. The average Bonchev–Trinajstić information content (AvgIpc) is 2.62. The first-order valence-electron chi connectivity index (χ1n) is 8.41. The minimum atomic E-state index is -3.81. The molecule has 3 nitrogen and oxygen atoms in total. The topological polar surface area (TPSA) is 60.7 Å². The van der Waals surface area contributed by atoms with Crippen molar-refractivity contribution in [1.82, 2.24) is 0 Å². The van der Waals surface area contributed by atoms with Crippen LogP contribution in [0.1, 0.15) is 18.9 Å². The lowest BCUT2D eigenvalue weighted by Crippen LogP contribution is -1.93. The largest absolute Gasteiger partial charge is 0.325 e. The number of benzene rings is 3. The summed E-state index contributed by atoms with van der Waals surface area (Å²) < 4.78 is 0. The number of hydrogen-bond acceptors (Lipinski definition) is 1. The van der Waals surface area contributed by atoms with E-state index in [0.29, 0.717) is 0 Å². The Morgan fingerprint density at radius 3 is 1.73 bits per heavy atom. The summed E-state index contributed by atoms with van der Waals surface area (Å²) in [5.74, 6) is 0. The molecule has 136 valence electrons. The quantitative estimate of drug-likeness (QED) is 0.542. The van der Waals surface area contributed by atoms with E-state index in [1.807, 2.05) is 0 Å². The van der Waals surface area contributed by atoms with E-state index >= 15 is 0 Å². The molecule has 0 saturated carbocycles. The Kier molecular flexibility index (Phi) is 7.70. The zero-order chi connectivity index (χ0) is 19.0. The van der Waals surface area contributed by atoms with Crippen LogP contribution in [0.5, 0.6) is 0 Å². The minimum Gasteiger partial charge on any atom is -0.325 e. The van der Waals surface area contributed by atoms with Gasteiger partial charge in [-0.25, -0.2) is 0 Å². The molecule has 0 aliphatic rings. The van der Waals surface area contributed by atoms with Crippen molar-refractivity contribution in [1.29, 1.82) is 0 Å². The van der Waals surface area contributed by atoms with Crippen LogP contribution in [0.2, 0.25) is 0 Å². The Balaban J connectivity index is 0.000000431. The van der Waals surface area contributed by atoms with Gasteiger partial charge in [0.2, 0.25) is 0 Å². The molecule has 0 aliphatic heterocycles. The van der Waals surface area contributed by atoms with E-state index in [-0.39, 0.29) is 0 Å². The van der Waals surface area contributed by atoms with Crippen molar-refractivity contribution < 1.29 is 14.7 Å². The second kappa shape index (κ2) is 9.77. The van der Waals surface area contributed by atoms with E-state index in [1.54, 1.807) is 0 Å². The SMILES string of the molecule is CCCc1cccc(-c2ccccc2)c1-c1ccccc1.OP(O)(O)=S. The van der Waals surface area contributed by atoms with Crippen LogP contribution >= 0.6 is 6.72 Å². The van der Waals surface area contributed by atoms with Crippen LogP contribution in [0.4, 0.5) is 0 Å². The average molecular weight is 386 g/mol. The molecule has 3 rings (SSSR count). The Labute approximate surface area is 159 Å². The smallest absolute Gasteiger partial charge is 0.319 e. The van der Waals surface area contributed by atoms with E-state index < -0.39 is 6.72 Å². The fourth-order valence-corrected chi connectivity index (χ4v) is 2.88. The molecule has 26 heavy (non-hydrogen) atoms. The minimum absolute atomic E-state index is 1.12. The molecule has 0 spiro atoms. The van der Waals surface area contributed by atoms with Gasteiger partial charge in [-0.2, -0.15) is 0 Å². The van der Waals surface area contributed by atoms with E-state index in [1.165, 1.54) is 27.8 Å². The molecule has 0 aliphatic carbocycles. The van der Waals surface area contributed by atoms with Crippen molar-refractivity contribution >= 4 is 18.5 Å². The normalized spacial score (nSPS) is 10.8. The van der Waals surface area contributed by atoms with Crippen LogP contribution in [0, 0.1) is 0 Å². The lowest BCUT2D eigenvalue weighted by Gasteiger charge is -2.15. The molecule has 0 aromatic heterocycles. The molecule has 5 heteroatoms. The Hall–Kier alpha value is -1.81. The van der Waals surface area contributed by atoms with Crippen molar-refractivity contribution in [2.45, 2.75) is 19.8 Å². The molecule has 0 radical (unpaired) electrons. The van der Waals surface area contributed by atoms with Gasteiger partial charge in [0, 0.05) is 0 Å². The van der Waals surface area contributed by atoms with Gasteiger partial charge in [0.05, 0.1) is 0 Å². The van der Waals surface area contributed by atoms with Crippen molar-refractivity contribution in [2.24, 2.45) is 0 Å². The van der Waals surface area contributed by atoms with Crippen molar-refractivity contribution in [3.05, 3.63) is 84.4 Å². The van der Waals surface area contributed by atoms with Gasteiger partial charge in [-0.1, -0.05) is 92.2 Å². The lowest BCUT2D eigenvalue weighted by molar-refractivity contribution is 0.363. The predicted octanol–water partition coefficient (Wildman–Crippen LogP) is 5.16. The molecule has 0 fully saturated rings. The summed E-state index contributed by atoms with van der Waals surface area (Å²) in [5.41, 5.74) is 6.73. The standard InChI is InChI=1S/C21H20.H3O3PS/c1-2-10-18-15-9-16-20(17-11-5-3-6-12-17)21(18)19-13-7-4-8-14-19;1-4(2,3)5/h3-9,11-16H,2,10H2,1H3;(H3,1,2,3,5). The van der Waals surface area contributed by atoms with Gasteiger partial charge in [-0.15, -0.1) is 0 Å². The predicted molar refractivity (Wildman–Crippen MR) is 112 cm³/mol. The highest BCUT2D eigenvalue weighted by molar-refractivity contribution is 8.06. The molecule has 0 bridgehead atoms. The molecule has 0 heterocycles. The first-order chi connectivity index (χ1) is 12.4. The number of hydrogen-bond donors (Lipinski definition) is 3. The third kappa shape index (κ3) is 6.49. The van der Waals surface area contributed by atoms with E-state index in [2.05, 4.69) is 97.6 Å². The summed E-state index contributed by atoms with van der Waals surface area (Å²) in [7, 11) is 0. The first kappa shape index (κ1) is 20.5. The van der Waals surface area contributed by atoms with E-state index in [4.69, 9.17) is 14.7 Å². The fraction of sp³-hybridized carbons (Fsp3) is 0.143. The summed E-state index contributed by atoms with van der Waals surface area (Å²) in [6.45, 7) is -1.57. The Morgan fingerprint density at radius 2 is 1.23 bits per heavy atom. The summed E-state index contributed by atoms with van der Waals surface area (Å²) >= 11 is 3.60. The molecular weight excluding hydrogens is 363 g/mol. The summed E-state index contributed by atoms with van der Waals surface area (Å²) in [6, 6.07) is 28.1. The van der Waals surface area contributed by atoms with E-state index in [9.17, 15) is 0 Å². The van der Waals surface area contributed by atoms with E-state index in [0.717, 1.165) is 12.8 Å². The van der Waals surface area contributed by atoms with Gasteiger partial charge < -0.3 is 14.7 Å². The first-order valence-corrected chi connectivity index (χ1v) is 11.1. The highest BCUT2D eigenvalue weighted by Gasteiger charge is 2.11. The molecule has 3 aromatic rings. The van der Waals surface area contributed by atoms with Gasteiger partial charge >= 0.3 is 6.72 Å². The van der Waals surface area contributed by atoms with Crippen LogP contribution < -0.4 is 0 Å². The van der Waals surface area contributed by atoms with Crippen LogP contribution in [-0.4, -0.2) is 14.7 Å². The zero-order valence-corrected chi connectivity index (χ0v) is 16.3. The highest BCUT2D eigenvalue weighted by Crippen LogP contribution is 2.35. The third-order valence-electron chi connectivity index (χ3n) is 3.82. The molecule has 0 unspecified atom stereocenters. The Bertz CT molecular complexity index is 853. The van der Waals surface area contributed by atoms with Crippen LogP contribution in [0.15, 0.2) is 78.9 Å². The Morgan fingerprint density at radius 1 is 0.731 bits per heavy atom. The maximum atomic E-state index is 7.56. The molecular formula is C21H23O3PS. The monoisotopic (exact) mass is 386 g/mol. The zero-order valence-electron chi connectivity index (χ0n) is 14.6. The van der Waals surface area contributed by atoms with Crippen LogP contribution in [-0.2, 0) is 18.2 Å². The lowest BCUT2D eigenvalue weighted by atomic mass is 9.89. The molecule has 3 aromatic carbocycles. The summed E-state index contributed by atoms with van der Waals surface area (Å²) in [6.07, 6.45) is 2.28. The third-order valence-corrected chi connectivity index (χ3v) is 3.82. The van der Waals surface area contributed by atoms with Gasteiger partial charge in [-0.05, 0) is 46.0 Å². The number of aryl methyl sites for hydroxylation is 1. The number of rotatable bonds is 4. The van der Waals surface area contributed by atoms with Crippen LogP contribution in [0.3, 0.4) is 0 Å². The van der Waals surface area contributed by atoms with Gasteiger partial charge in [-0.3, -0.25) is 0 Å². The maximum absolute atomic E-state index is 7.56. The van der Waals surface area contributed by atoms with Crippen molar-refractivity contribution in [2.75, 3.05) is 0 Å². The second-order valence-corrected chi connectivity index (χ2v) is 8.33. The molecule has 3 N–H and O–H groups in total. The summed E-state index contributed by atoms with van der Waals surface area (Å²) in [4.78, 5) is 22.7. The van der Waals surface area contributed by atoms with Gasteiger partial charge in [0.1, 0.15) is 0 Å².